The highest BCUT2D eigenvalue weighted by Gasteiger charge is 2.15. The molecule has 0 atom stereocenters. The van der Waals surface area contributed by atoms with Gasteiger partial charge in [-0.25, -0.2) is 8.42 Å². The number of ether oxygens (including phenoxy) is 1. The first-order chi connectivity index (χ1) is 16.7. The average Bonchev–Trinajstić information content (AvgIpc) is 2.79. The minimum atomic E-state index is -3.33. The van der Waals surface area contributed by atoms with Crippen molar-refractivity contribution in [2.75, 3.05) is 37.2 Å². The Hall–Kier alpha value is -2.90. The molecule has 1 aromatic heterocycles. The molecule has 0 amide bonds. The van der Waals surface area contributed by atoms with Crippen LogP contribution in [0.25, 0.3) is 17.0 Å². The van der Waals surface area contributed by atoms with Gasteiger partial charge in [0.1, 0.15) is 12.4 Å². The van der Waals surface area contributed by atoms with Gasteiger partial charge in [-0.3, -0.25) is 14.6 Å². The summed E-state index contributed by atoms with van der Waals surface area (Å²) in [7, 11) is -3.33. The van der Waals surface area contributed by atoms with E-state index in [0.29, 0.717) is 12.3 Å². The van der Waals surface area contributed by atoms with Crippen LogP contribution >= 0.6 is 0 Å². The Labute approximate surface area is 209 Å². The van der Waals surface area contributed by atoms with Gasteiger partial charge in [-0.1, -0.05) is 43.7 Å². The first-order valence-corrected chi connectivity index (χ1v) is 14.1. The molecule has 0 radical (unpaired) electrons. The average molecular weight is 494 g/mol. The van der Waals surface area contributed by atoms with Crippen LogP contribution in [-0.4, -0.2) is 50.8 Å². The largest absolute Gasteiger partial charge is 0.492 e. The first-order valence-electron chi connectivity index (χ1n) is 12.2. The summed E-state index contributed by atoms with van der Waals surface area (Å²) in [6.07, 6.45) is 5.40. The fraction of sp³-hybridized carbons (Fsp3) is 0.393. The van der Waals surface area contributed by atoms with Crippen LogP contribution in [0.3, 0.4) is 0 Å². The fourth-order valence-electron chi connectivity index (χ4n) is 4.54. The molecule has 0 aliphatic carbocycles. The number of anilines is 1. The Balaban J connectivity index is 1.33. The van der Waals surface area contributed by atoms with Crippen LogP contribution in [-0.2, 0) is 10.0 Å². The molecule has 1 aliphatic heterocycles. The quantitative estimate of drug-likeness (QED) is 0.442. The number of likely N-dealkylation sites (tertiary alicyclic amines) is 1. The SMILES string of the molecule is Cc1ccc2c(OCCN3CCC(=Cc4ccc(C(C)C)c(NS(C)(=O)=O)c4)CC3)cccc2n1. The maximum absolute atomic E-state index is 11.8. The number of fused-ring (bicyclic) bond motifs is 1. The summed E-state index contributed by atoms with van der Waals surface area (Å²) >= 11 is 0. The van der Waals surface area contributed by atoms with E-state index in [0.717, 1.165) is 65.9 Å². The molecule has 1 saturated heterocycles. The maximum atomic E-state index is 11.8. The lowest BCUT2D eigenvalue weighted by atomic mass is 9.97. The summed E-state index contributed by atoms with van der Waals surface area (Å²) < 4.78 is 32.4. The van der Waals surface area contributed by atoms with Crippen LogP contribution in [0.4, 0.5) is 5.69 Å². The third kappa shape index (κ3) is 6.83. The summed E-state index contributed by atoms with van der Waals surface area (Å²) in [5.74, 6) is 1.12. The summed E-state index contributed by atoms with van der Waals surface area (Å²) in [5.41, 5.74) is 6.07. The minimum Gasteiger partial charge on any atom is -0.492 e. The van der Waals surface area contributed by atoms with Gasteiger partial charge in [-0.2, -0.15) is 0 Å². The number of sulfonamides is 1. The van der Waals surface area contributed by atoms with E-state index < -0.39 is 10.0 Å². The Morgan fingerprint density at radius 1 is 1.11 bits per heavy atom. The van der Waals surface area contributed by atoms with Crippen LogP contribution in [0.5, 0.6) is 5.75 Å². The Kier molecular flexibility index (Phi) is 7.77. The second-order valence-electron chi connectivity index (χ2n) is 9.64. The molecule has 0 bridgehead atoms. The number of rotatable bonds is 8. The fourth-order valence-corrected chi connectivity index (χ4v) is 5.11. The first kappa shape index (κ1) is 25.2. The van der Waals surface area contributed by atoms with Crippen molar-refractivity contribution in [2.45, 2.75) is 39.5 Å². The summed E-state index contributed by atoms with van der Waals surface area (Å²) in [6, 6.07) is 16.2. The minimum absolute atomic E-state index is 0.237. The molecule has 186 valence electrons. The van der Waals surface area contributed by atoms with Crippen LogP contribution in [0.2, 0.25) is 0 Å². The molecule has 6 nitrogen and oxygen atoms in total. The molecule has 0 spiro atoms. The van der Waals surface area contributed by atoms with Crippen LogP contribution < -0.4 is 9.46 Å². The smallest absolute Gasteiger partial charge is 0.229 e. The highest BCUT2D eigenvalue weighted by Crippen LogP contribution is 2.29. The standard InChI is InChI=1S/C28H35N3O3S/c1-20(2)24-11-9-23(19-27(24)30-35(4,32)33)18-22-12-14-31(15-13-22)16-17-34-28-7-5-6-26-25(28)10-8-21(3)29-26/h5-11,18-20,30H,12-17H2,1-4H3. The molecule has 7 heteroatoms. The molecule has 3 aromatic rings. The van der Waals surface area contributed by atoms with Crippen LogP contribution in [0.15, 0.2) is 54.1 Å². The zero-order valence-electron chi connectivity index (χ0n) is 21.0. The van der Waals surface area contributed by atoms with E-state index in [4.69, 9.17) is 4.74 Å². The summed E-state index contributed by atoms with van der Waals surface area (Å²) in [6.45, 7) is 9.64. The Morgan fingerprint density at radius 2 is 1.89 bits per heavy atom. The lowest BCUT2D eigenvalue weighted by Gasteiger charge is -2.28. The van der Waals surface area contributed by atoms with Gasteiger partial charge in [0, 0.05) is 30.7 Å². The highest BCUT2D eigenvalue weighted by atomic mass is 32.2. The predicted octanol–water partition coefficient (Wildman–Crippen LogP) is 5.60. The lowest BCUT2D eigenvalue weighted by Crippen LogP contribution is -2.34. The van der Waals surface area contributed by atoms with Gasteiger partial charge in [0.05, 0.1) is 17.5 Å². The van der Waals surface area contributed by atoms with Gasteiger partial charge in [0.2, 0.25) is 10.0 Å². The van der Waals surface area contributed by atoms with Gasteiger partial charge in [0.25, 0.3) is 0 Å². The molecule has 0 saturated carbocycles. The summed E-state index contributed by atoms with van der Waals surface area (Å²) in [4.78, 5) is 7.02. The number of benzene rings is 2. The van der Waals surface area contributed by atoms with Crippen LogP contribution in [0.1, 0.15) is 49.4 Å². The van der Waals surface area contributed by atoms with E-state index in [1.54, 1.807) is 0 Å². The van der Waals surface area contributed by atoms with Crippen molar-refractivity contribution in [3.05, 3.63) is 70.9 Å². The third-order valence-corrected chi connectivity index (χ3v) is 6.95. The van der Waals surface area contributed by atoms with E-state index in [1.807, 2.05) is 43.3 Å². The van der Waals surface area contributed by atoms with E-state index in [1.165, 1.54) is 11.8 Å². The molecule has 4 rings (SSSR count). The number of aromatic nitrogens is 1. The zero-order valence-corrected chi connectivity index (χ0v) is 21.9. The molecule has 35 heavy (non-hydrogen) atoms. The van der Waals surface area contributed by atoms with Crippen molar-refractivity contribution in [1.82, 2.24) is 9.88 Å². The molecular formula is C28H35N3O3S. The number of pyridine rings is 1. The molecule has 1 N–H and O–H groups in total. The van der Waals surface area contributed by atoms with Gasteiger partial charge < -0.3 is 4.74 Å². The van der Waals surface area contributed by atoms with Crippen molar-refractivity contribution in [2.24, 2.45) is 0 Å². The van der Waals surface area contributed by atoms with E-state index >= 15 is 0 Å². The third-order valence-electron chi connectivity index (χ3n) is 6.36. The molecule has 2 heterocycles. The number of aryl methyl sites for hydroxylation is 1. The van der Waals surface area contributed by atoms with Gasteiger partial charge in [0.15, 0.2) is 0 Å². The summed E-state index contributed by atoms with van der Waals surface area (Å²) in [5, 5.41) is 1.05. The molecular weight excluding hydrogens is 458 g/mol. The number of hydrogen-bond acceptors (Lipinski definition) is 5. The normalized spacial score (nSPS) is 14.9. The zero-order chi connectivity index (χ0) is 25.0. The molecule has 1 aliphatic rings. The van der Waals surface area contributed by atoms with Crippen molar-refractivity contribution < 1.29 is 13.2 Å². The van der Waals surface area contributed by atoms with Crippen molar-refractivity contribution in [3.8, 4) is 5.75 Å². The van der Waals surface area contributed by atoms with E-state index in [-0.39, 0.29) is 5.92 Å². The maximum Gasteiger partial charge on any atom is 0.229 e. The van der Waals surface area contributed by atoms with E-state index in [2.05, 4.69) is 46.7 Å². The van der Waals surface area contributed by atoms with Crippen molar-refractivity contribution in [3.63, 3.8) is 0 Å². The number of piperidine rings is 1. The second kappa shape index (κ2) is 10.8. The Bertz CT molecular complexity index is 1320. The number of nitrogens with zero attached hydrogens (tertiary/aromatic N) is 2. The monoisotopic (exact) mass is 493 g/mol. The molecule has 2 aromatic carbocycles. The van der Waals surface area contributed by atoms with Crippen molar-refractivity contribution in [1.29, 1.82) is 0 Å². The number of nitrogens with one attached hydrogen (secondary N) is 1. The van der Waals surface area contributed by atoms with Gasteiger partial charge in [-0.15, -0.1) is 0 Å². The van der Waals surface area contributed by atoms with E-state index in [9.17, 15) is 8.42 Å². The number of hydrogen-bond donors (Lipinski definition) is 1. The Morgan fingerprint density at radius 3 is 2.60 bits per heavy atom. The second-order valence-corrected chi connectivity index (χ2v) is 11.4. The van der Waals surface area contributed by atoms with Crippen molar-refractivity contribution >= 4 is 32.7 Å². The molecule has 1 fully saturated rings. The van der Waals surface area contributed by atoms with Crippen LogP contribution in [0, 0.1) is 6.92 Å². The molecule has 0 unspecified atom stereocenters. The van der Waals surface area contributed by atoms with Gasteiger partial charge in [-0.05, 0) is 67.1 Å². The highest BCUT2D eigenvalue weighted by molar-refractivity contribution is 7.92. The predicted molar refractivity (Wildman–Crippen MR) is 145 cm³/mol. The topological polar surface area (TPSA) is 71.5 Å². The lowest BCUT2D eigenvalue weighted by molar-refractivity contribution is 0.200. The van der Waals surface area contributed by atoms with Gasteiger partial charge >= 0.3 is 0 Å².